The van der Waals surface area contributed by atoms with Crippen molar-refractivity contribution in [1.82, 2.24) is 20.9 Å². The van der Waals surface area contributed by atoms with E-state index in [1.807, 2.05) is 35.7 Å². The Morgan fingerprint density at radius 1 is 1.27 bits per heavy atom. The molecular formula is C27H36N6O3S. The van der Waals surface area contributed by atoms with E-state index in [2.05, 4.69) is 27.0 Å². The fraction of sp³-hybridized carbons (Fsp3) is 0.556. The number of aromatic nitrogens is 1. The average molecular weight is 525 g/mol. The molecule has 0 bridgehead atoms. The average Bonchev–Trinajstić information content (AvgIpc) is 3.38. The van der Waals surface area contributed by atoms with Crippen LogP contribution in [-0.4, -0.2) is 53.7 Å². The van der Waals surface area contributed by atoms with E-state index in [9.17, 15) is 14.7 Å². The van der Waals surface area contributed by atoms with E-state index in [0.717, 1.165) is 24.0 Å². The van der Waals surface area contributed by atoms with Crippen molar-refractivity contribution in [3.8, 4) is 0 Å². The lowest BCUT2D eigenvalue weighted by Crippen LogP contribution is -2.71. The minimum Gasteiger partial charge on any atom is -0.481 e. The zero-order chi connectivity index (χ0) is 26.0. The summed E-state index contributed by atoms with van der Waals surface area (Å²) in [6.45, 7) is 5.05. The number of carboxylic acids is 1. The fourth-order valence-electron chi connectivity index (χ4n) is 6.22. The second kappa shape index (κ2) is 10.4. The highest BCUT2D eigenvalue weighted by atomic mass is 32.1. The van der Waals surface area contributed by atoms with Crippen LogP contribution in [0.1, 0.15) is 63.9 Å². The fourth-order valence-corrected chi connectivity index (χ4v) is 7.09. The molecule has 2 aliphatic heterocycles. The number of hydrogen-bond donors (Lipinski definition) is 4. The molecular weight excluding hydrogens is 488 g/mol. The summed E-state index contributed by atoms with van der Waals surface area (Å²) >= 11 is 1.67. The lowest BCUT2D eigenvalue weighted by Gasteiger charge is -2.53. The van der Waals surface area contributed by atoms with Crippen LogP contribution >= 0.6 is 11.3 Å². The van der Waals surface area contributed by atoms with Crippen molar-refractivity contribution in [2.75, 3.05) is 24.5 Å². The van der Waals surface area contributed by atoms with E-state index in [1.54, 1.807) is 24.5 Å². The van der Waals surface area contributed by atoms with E-state index in [0.29, 0.717) is 32.0 Å². The van der Waals surface area contributed by atoms with Crippen LogP contribution in [0.15, 0.2) is 34.9 Å². The summed E-state index contributed by atoms with van der Waals surface area (Å²) in [6.07, 6.45) is 11.8. The molecule has 1 saturated heterocycles. The quantitative estimate of drug-likeness (QED) is 0.444. The number of benzene rings is 1. The number of carbonyl (C=O) groups is 2. The van der Waals surface area contributed by atoms with Crippen LogP contribution in [0.4, 0.5) is 10.5 Å². The van der Waals surface area contributed by atoms with Crippen molar-refractivity contribution in [3.63, 3.8) is 0 Å². The maximum absolute atomic E-state index is 13.1. The van der Waals surface area contributed by atoms with Gasteiger partial charge in [-0.05, 0) is 69.3 Å². The minimum atomic E-state index is -1.35. The topological polar surface area (TPSA) is 119 Å². The highest BCUT2D eigenvalue weighted by Gasteiger charge is 2.57. The summed E-state index contributed by atoms with van der Waals surface area (Å²) in [5, 5.41) is 19.7. The third kappa shape index (κ3) is 4.61. The molecule has 1 aromatic heterocycles. The first kappa shape index (κ1) is 25.7. The molecule has 3 unspecified atom stereocenters. The number of urea groups is 1. The Hall–Kier alpha value is -2.98. The molecule has 1 aliphatic carbocycles. The molecule has 2 aromatic rings. The Balaban J connectivity index is 1.67. The van der Waals surface area contributed by atoms with E-state index in [1.165, 1.54) is 29.5 Å². The number of rotatable bonds is 6. The first-order valence-electron chi connectivity index (χ1n) is 13.3. The van der Waals surface area contributed by atoms with Crippen LogP contribution in [0.3, 0.4) is 0 Å². The van der Waals surface area contributed by atoms with E-state index < -0.39 is 23.1 Å². The molecule has 2 amide bonds. The van der Waals surface area contributed by atoms with Gasteiger partial charge in [-0.25, -0.2) is 14.8 Å². The summed E-state index contributed by atoms with van der Waals surface area (Å²) in [7, 11) is 0. The minimum absolute atomic E-state index is 0.388. The maximum atomic E-state index is 13.1. The number of allylic oxidation sites excluding steroid dienone is 1. The number of thiazole rings is 1. The third-order valence-electron chi connectivity index (χ3n) is 8.28. The van der Waals surface area contributed by atoms with Gasteiger partial charge in [-0.1, -0.05) is 19.3 Å². The van der Waals surface area contributed by atoms with E-state index in [-0.39, 0.29) is 6.03 Å². The molecule has 0 radical (unpaired) electrons. The molecule has 1 saturated carbocycles. The smallest absolute Gasteiger partial charge is 0.318 e. The number of anilines is 1. The number of carboxylic acid groups (broad SMARTS) is 1. The van der Waals surface area contributed by atoms with Gasteiger partial charge in [0.05, 0.1) is 27.1 Å². The molecule has 0 spiro atoms. The Labute approximate surface area is 221 Å². The third-order valence-corrected chi connectivity index (χ3v) is 9.17. The summed E-state index contributed by atoms with van der Waals surface area (Å²) in [5.74, 6) is -2.33. The summed E-state index contributed by atoms with van der Waals surface area (Å²) < 4.78 is 1.21. The highest BCUT2D eigenvalue weighted by molar-refractivity contribution is 7.17. The van der Waals surface area contributed by atoms with Crippen LogP contribution in [-0.2, 0) is 4.79 Å². The van der Waals surface area contributed by atoms with Crippen molar-refractivity contribution < 1.29 is 14.7 Å². The number of carbonyl (C=O) groups excluding carboxylic acids is 1. The van der Waals surface area contributed by atoms with Crippen LogP contribution in [0.25, 0.3) is 10.2 Å². The van der Waals surface area contributed by atoms with E-state index >= 15 is 0 Å². The van der Waals surface area contributed by atoms with Crippen LogP contribution in [0.2, 0.25) is 0 Å². The number of piperidine rings is 1. The molecule has 2 fully saturated rings. The molecule has 4 N–H and O–H groups in total. The molecule has 198 valence electrons. The monoisotopic (exact) mass is 524 g/mol. The normalized spacial score (nSPS) is 28.4. The van der Waals surface area contributed by atoms with Crippen molar-refractivity contribution in [3.05, 3.63) is 35.5 Å². The van der Waals surface area contributed by atoms with Crippen molar-refractivity contribution >= 4 is 45.5 Å². The van der Waals surface area contributed by atoms with Gasteiger partial charge in [0.25, 0.3) is 0 Å². The van der Waals surface area contributed by atoms with Crippen molar-refractivity contribution in [2.24, 2.45) is 16.3 Å². The van der Waals surface area contributed by atoms with E-state index in [4.69, 9.17) is 4.99 Å². The first-order valence-corrected chi connectivity index (χ1v) is 14.2. The lowest BCUT2D eigenvalue weighted by atomic mass is 9.68. The second-order valence-electron chi connectivity index (χ2n) is 10.5. The summed E-state index contributed by atoms with van der Waals surface area (Å²) in [6, 6.07) is 3.86. The second-order valence-corrected chi connectivity index (χ2v) is 11.4. The predicted molar refractivity (Wildman–Crippen MR) is 147 cm³/mol. The molecule has 3 heterocycles. The van der Waals surface area contributed by atoms with Crippen LogP contribution in [0.5, 0.6) is 0 Å². The number of nitrogens with one attached hydrogen (secondary N) is 3. The lowest BCUT2D eigenvalue weighted by molar-refractivity contribution is -0.155. The largest absolute Gasteiger partial charge is 0.481 e. The number of nitrogens with zero attached hydrogens (tertiary/aromatic N) is 3. The number of aliphatic imine (C=N–C) groups is 1. The maximum Gasteiger partial charge on any atom is 0.318 e. The van der Waals surface area contributed by atoms with Gasteiger partial charge in [-0.3, -0.25) is 10.1 Å². The zero-order valence-corrected chi connectivity index (χ0v) is 22.3. The zero-order valence-electron chi connectivity index (χ0n) is 21.5. The number of amides is 2. The Bertz CT molecular complexity index is 1220. The molecule has 3 aliphatic rings. The Morgan fingerprint density at radius 2 is 2.08 bits per heavy atom. The highest BCUT2D eigenvalue weighted by Crippen LogP contribution is 2.47. The molecule has 10 heteroatoms. The van der Waals surface area contributed by atoms with Gasteiger partial charge < -0.3 is 20.6 Å². The summed E-state index contributed by atoms with van der Waals surface area (Å²) in [5.41, 5.74) is 3.83. The molecule has 3 atom stereocenters. The number of aliphatic carboxylic acids is 1. The van der Waals surface area contributed by atoms with Crippen molar-refractivity contribution in [2.45, 2.75) is 64.1 Å². The molecule has 5 rings (SSSR count). The van der Waals surface area contributed by atoms with Gasteiger partial charge >= 0.3 is 12.0 Å². The van der Waals surface area contributed by atoms with Gasteiger partial charge in [0.2, 0.25) is 5.79 Å². The Kier molecular flexibility index (Phi) is 7.22. The van der Waals surface area contributed by atoms with Gasteiger partial charge in [-0.15, -0.1) is 11.3 Å². The van der Waals surface area contributed by atoms with Gasteiger partial charge in [0.15, 0.2) is 0 Å². The number of fused-ring (bicyclic) bond motifs is 1. The van der Waals surface area contributed by atoms with Crippen LogP contribution < -0.4 is 20.9 Å². The Morgan fingerprint density at radius 3 is 2.84 bits per heavy atom. The summed E-state index contributed by atoms with van der Waals surface area (Å²) in [4.78, 5) is 37.2. The first-order chi connectivity index (χ1) is 17.9. The molecule has 9 nitrogen and oxygen atoms in total. The SMILES string of the molecule is CCNC(=O)NC1(C2CNCCC2(C)C(=O)O)N=CC=CN1c1cc(C2CCCCC2)c2scnc2c1. The molecule has 37 heavy (non-hydrogen) atoms. The van der Waals surface area contributed by atoms with Crippen molar-refractivity contribution in [1.29, 1.82) is 0 Å². The predicted octanol–water partition coefficient (Wildman–Crippen LogP) is 4.42. The van der Waals surface area contributed by atoms with Gasteiger partial charge in [-0.2, -0.15) is 0 Å². The number of hydrogen-bond acceptors (Lipinski definition) is 7. The molecule has 1 aromatic carbocycles. The van der Waals surface area contributed by atoms with Gasteiger partial charge in [0, 0.05) is 31.2 Å². The van der Waals surface area contributed by atoms with Crippen LogP contribution in [0, 0.1) is 11.3 Å². The van der Waals surface area contributed by atoms with Gasteiger partial charge in [0.1, 0.15) is 0 Å². The standard InChI is InChI=1S/C27H36N6O3S/c1-3-29-25(36)32-27(22-16-28-12-10-26(22,2)24(34)35)31-11-7-13-33(27)19-14-20(18-8-5-4-6-9-18)23-21(15-19)30-17-37-23/h7,11,13-15,17-18,22,28H,3-6,8-10,12,16H2,1-2H3,(H,34,35)(H2,29,32,36).